The van der Waals surface area contributed by atoms with Crippen molar-refractivity contribution in [1.82, 2.24) is 29.5 Å². The van der Waals surface area contributed by atoms with Crippen LogP contribution in [0.3, 0.4) is 0 Å². The van der Waals surface area contributed by atoms with Crippen LogP contribution in [-0.4, -0.2) is 87.1 Å². The molecule has 0 N–H and O–H groups in total. The molecule has 1 saturated carbocycles. The summed E-state index contributed by atoms with van der Waals surface area (Å²) in [5.74, 6) is 0.763. The van der Waals surface area contributed by atoms with Crippen molar-refractivity contribution in [2.24, 2.45) is 0 Å². The molecule has 3 fully saturated rings. The summed E-state index contributed by atoms with van der Waals surface area (Å²) in [5, 5.41) is 5.37. The second-order valence-electron chi connectivity index (χ2n) is 9.80. The van der Waals surface area contributed by atoms with E-state index in [2.05, 4.69) is 23.8 Å². The van der Waals surface area contributed by atoms with E-state index in [4.69, 9.17) is 4.98 Å². The smallest absolute Gasteiger partial charge is 0.254 e. The zero-order chi connectivity index (χ0) is 22.2. The molecule has 0 bridgehead atoms. The van der Waals surface area contributed by atoms with Crippen molar-refractivity contribution in [1.29, 1.82) is 0 Å². The minimum Gasteiger partial charge on any atom is -0.342 e. The van der Waals surface area contributed by atoms with Gasteiger partial charge in [-0.25, -0.2) is 9.67 Å². The number of hydrogen-bond donors (Lipinski definition) is 0. The Bertz CT molecular complexity index is 997. The summed E-state index contributed by atoms with van der Waals surface area (Å²) in [4.78, 5) is 37.1. The molecule has 32 heavy (non-hydrogen) atoms. The molecule has 0 unspecified atom stereocenters. The zero-order valence-corrected chi connectivity index (χ0v) is 19.3. The molecule has 5 rings (SSSR count). The van der Waals surface area contributed by atoms with Crippen LogP contribution in [0, 0.1) is 0 Å². The maximum absolute atomic E-state index is 13.5. The van der Waals surface area contributed by atoms with E-state index >= 15 is 0 Å². The van der Waals surface area contributed by atoms with E-state index in [1.54, 1.807) is 6.20 Å². The average molecular weight is 439 g/mol. The second-order valence-corrected chi connectivity index (χ2v) is 9.80. The molecule has 3 aliphatic rings. The second kappa shape index (κ2) is 8.81. The fourth-order valence-electron chi connectivity index (χ4n) is 4.89. The normalized spacial score (nSPS) is 20.3. The van der Waals surface area contributed by atoms with E-state index in [1.165, 1.54) is 6.42 Å². The van der Waals surface area contributed by atoms with Crippen molar-refractivity contribution >= 4 is 22.8 Å². The van der Waals surface area contributed by atoms with Crippen LogP contribution in [-0.2, 0) is 4.79 Å². The first kappa shape index (κ1) is 21.4. The Balaban J connectivity index is 1.28. The summed E-state index contributed by atoms with van der Waals surface area (Å²) < 4.78 is 1.92. The molecule has 4 heterocycles. The summed E-state index contributed by atoms with van der Waals surface area (Å²) in [6, 6.07) is 2.19. The lowest BCUT2D eigenvalue weighted by molar-refractivity contribution is -0.133. The number of piperazine rings is 1. The molecule has 1 aliphatic carbocycles. The first-order valence-corrected chi connectivity index (χ1v) is 12.2. The minimum absolute atomic E-state index is 0.0598. The van der Waals surface area contributed by atoms with Crippen LogP contribution >= 0.6 is 0 Å². The highest BCUT2D eigenvalue weighted by molar-refractivity contribution is 6.05. The zero-order valence-electron chi connectivity index (χ0n) is 19.3. The van der Waals surface area contributed by atoms with Crippen LogP contribution in [0.25, 0.3) is 11.0 Å². The third-order valence-electron chi connectivity index (χ3n) is 7.03. The van der Waals surface area contributed by atoms with Crippen molar-refractivity contribution in [3.8, 4) is 0 Å². The molecule has 0 radical (unpaired) electrons. The number of rotatable bonds is 5. The predicted molar refractivity (Wildman–Crippen MR) is 123 cm³/mol. The summed E-state index contributed by atoms with van der Waals surface area (Å²) in [7, 11) is 0. The Kier molecular flexibility index (Phi) is 5.88. The Morgan fingerprint density at radius 1 is 1.00 bits per heavy atom. The molecule has 2 aromatic rings. The molecule has 2 saturated heterocycles. The lowest BCUT2D eigenvalue weighted by atomic mass is 10.1. The summed E-state index contributed by atoms with van der Waals surface area (Å²) in [6.45, 7) is 9.19. The van der Waals surface area contributed by atoms with E-state index in [0.29, 0.717) is 25.6 Å². The van der Waals surface area contributed by atoms with Gasteiger partial charge >= 0.3 is 0 Å². The van der Waals surface area contributed by atoms with Gasteiger partial charge in [0.05, 0.1) is 23.7 Å². The van der Waals surface area contributed by atoms with E-state index in [9.17, 15) is 9.59 Å². The highest BCUT2D eigenvalue weighted by Gasteiger charge is 2.31. The van der Waals surface area contributed by atoms with Gasteiger partial charge in [0.2, 0.25) is 5.91 Å². The van der Waals surface area contributed by atoms with Crippen molar-refractivity contribution in [3.05, 3.63) is 23.5 Å². The first-order valence-electron chi connectivity index (χ1n) is 12.2. The number of likely N-dealkylation sites (tertiary alicyclic amines) is 1. The van der Waals surface area contributed by atoms with Crippen LogP contribution in [0.2, 0.25) is 0 Å². The van der Waals surface area contributed by atoms with E-state index in [-0.39, 0.29) is 17.9 Å². The van der Waals surface area contributed by atoms with Crippen molar-refractivity contribution < 1.29 is 9.59 Å². The fraction of sp³-hybridized carbons (Fsp3) is 0.667. The van der Waals surface area contributed by atoms with Crippen LogP contribution in [0.15, 0.2) is 12.3 Å². The van der Waals surface area contributed by atoms with E-state index in [1.807, 2.05) is 20.5 Å². The van der Waals surface area contributed by atoms with Crippen LogP contribution in [0.1, 0.15) is 74.0 Å². The number of hydrogen-bond acceptors (Lipinski definition) is 5. The molecule has 2 aliphatic heterocycles. The van der Waals surface area contributed by atoms with Crippen LogP contribution in [0.5, 0.6) is 0 Å². The summed E-state index contributed by atoms with van der Waals surface area (Å²) in [5.41, 5.74) is 2.56. The molecule has 8 heteroatoms. The Morgan fingerprint density at radius 3 is 2.38 bits per heavy atom. The largest absolute Gasteiger partial charge is 0.342 e. The van der Waals surface area contributed by atoms with E-state index in [0.717, 1.165) is 74.2 Å². The molecule has 0 atom stereocenters. The summed E-state index contributed by atoms with van der Waals surface area (Å²) in [6.07, 6.45) is 7.54. The van der Waals surface area contributed by atoms with Crippen LogP contribution < -0.4 is 0 Å². The number of carbonyl (C=O) groups is 2. The van der Waals surface area contributed by atoms with Gasteiger partial charge < -0.3 is 9.80 Å². The number of pyridine rings is 1. The van der Waals surface area contributed by atoms with E-state index < -0.39 is 0 Å². The van der Waals surface area contributed by atoms with Gasteiger partial charge in [0.1, 0.15) is 0 Å². The van der Waals surface area contributed by atoms with Gasteiger partial charge in [-0.1, -0.05) is 0 Å². The molecule has 172 valence electrons. The number of nitrogens with zero attached hydrogens (tertiary/aromatic N) is 6. The Hall–Kier alpha value is -2.48. The fourth-order valence-corrected chi connectivity index (χ4v) is 4.89. The average Bonchev–Trinajstić information content (AvgIpc) is 3.57. The number of fused-ring (bicyclic) bond motifs is 1. The first-order chi connectivity index (χ1) is 15.5. The topological polar surface area (TPSA) is 74.6 Å². The lowest BCUT2D eigenvalue weighted by Crippen LogP contribution is -2.52. The maximum Gasteiger partial charge on any atom is 0.254 e. The van der Waals surface area contributed by atoms with Gasteiger partial charge in [0.15, 0.2) is 5.65 Å². The van der Waals surface area contributed by atoms with Gasteiger partial charge in [-0.2, -0.15) is 5.10 Å². The lowest BCUT2D eigenvalue weighted by Gasteiger charge is -2.36. The predicted octanol–water partition coefficient (Wildman–Crippen LogP) is 2.66. The van der Waals surface area contributed by atoms with Gasteiger partial charge in [-0.3, -0.25) is 14.5 Å². The quantitative estimate of drug-likeness (QED) is 0.718. The highest BCUT2D eigenvalue weighted by atomic mass is 16.2. The molecular weight excluding hydrogens is 404 g/mol. The van der Waals surface area contributed by atoms with Gasteiger partial charge in [-0.05, 0) is 52.0 Å². The Morgan fingerprint density at radius 2 is 1.72 bits per heavy atom. The molecular formula is C24H34N6O2. The third-order valence-corrected chi connectivity index (χ3v) is 7.03. The summed E-state index contributed by atoms with van der Waals surface area (Å²) >= 11 is 0. The molecule has 2 aromatic heterocycles. The number of carbonyl (C=O) groups excluding carboxylic acids is 2. The minimum atomic E-state index is 0.0598. The number of amides is 2. The molecule has 2 amide bonds. The molecule has 8 nitrogen and oxygen atoms in total. The van der Waals surface area contributed by atoms with Crippen LogP contribution in [0.4, 0.5) is 0 Å². The van der Waals surface area contributed by atoms with Gasteiger partial charge in [0.25, 0.3) is 5.91 Å². The van der Waals surface area contributed by atoms with Gasteiger partial charge in [0, 0.05) is 56.9 Å². The van der Waals surface area contributed by atoms with Crippen molar-refractivity contribution in [3.63, 3.8) is 0 Å². The monoisotopic (exact) mass is 438 g/mol. The number of aromatic nitrogens is 3. The standard InChI is InChI=1S/C24H34N6O2/c1-17(2)30-23-20(15-25-30)19(14-21(26-23)18-6-7-18)24(32)29-12-10-27(11-13-29)16-22(31)28-8-4-3-5-9-28/h14-15,17-18H,3-13,16H2,1-2H3. The Labute approximate surface area is 189 Å². The SMILES string of the molecule is CC(C)n1ncc2c(C(=O)N3CCN(CC(=O)N4CCCCC4)CC3)cc(C3CC3)nc21. The number of piperidine rings is 1. The molecule has 0 aromatic carbocycles. The van der Waals surface area contributed by atoms with Gasteiger partial charge in [-0.15, -0.1) is 0 Å². The molecule has 0 spiro atoms. The maximum atomic E-state index is 13.5. The highest BCUT2D eigenvalue weighted by Crippen LogP contribution is 2.40. The van der Waals surface area contributed by atoms with Crippen molar-refractivity contribution in [2.75, 3.05) is 45.8 Å². The third kappa shape index (κ3) is 4.25. The van der Waals surface area contributed by atoms with Crippen molar-refractivity contribution in [2.45, 2.75) is 57.9 Å².